The third-order valence-corrected chi connectivity index (χ3v) is 4.83. The second-order valence-corrected chi connectivity index (χ2v) is 6.44. The van der Waals surface area contributed by atoms with E-state index in [9.17, 15) is 0 Å². The lowest BCUT2D eigenvalue weighted by Crippen LogP contribution is -2.38. The minimum Gasteiger partial charge on any atom is -0.326 e. The Balaban J connectivity index is 2.05. The maximum Gasteiger partial charge on any atom is 0.0591 e. The lowest BCUT2D eigenvalue weighted by molar-refractivity contribution is 0.224. The Morgan fingerprint density at radius 2 is 1.90 bits per heavy atom. The molecular weight excluding hydrogens is 264 g/mol. The minimum atomic E-state index is 0.133. The van der Waals surface area contributed by atoms with Crippen LogP contribution in [0.1, 0.15) is 29.0 Å². The molecule has 2 atom stereocenters. The highest BCUT2D eigenvalue weighted by molar-refractivity contribution is 7.10. The van der Waals surface area contributed by atoms with Gasteiger partial charge in [0.25, 0.3) is 0 Å². The van der Waals surface area contributed by atoms with Gasteiger partial charge in [-0.1, -0.05) is 30.3 Å². The molecule has 3 heteroatoms. The highest BCUT2D eigenvalue weighted by Crippen LogP contribution is 2.30. The molecule has 0 fully saturated rings. The average Bonchev–Trinajstić information content (AvgIpc) is 2.84. The van der Waals surface area contributed by atoms with Crippen molar-refractivity contribution >= 4 is 11.3 Å². The van der Waals surface area contributed by atoms with E-state index in [2.05, 4.69) is 67.6 Å². The van der Waals surface area contributed by atoms with Crippen LogP contribution in [-0.2, 0) is 6.42 Å². The third kappa shape index (κ3) is 3.69. The average molecular weight is 288 g/mol. The van der Waals surface area contributed by atoms with E-state index in [1.807, 2.05) is 11.3 Å². The zero-order valence-electron chi connectivity index (χ0n) is 12.5. The molecule has 1 heterocycles. The fourth-order valence-electron chi connectivity index (χ4n) is 2.62. The highest BCUT2D eigenvalue weighted by atomic mass is 32.1. The fraction of sp³-hybridized carbons (Fsp3) is 0.412. The summed E-state index contributed by atoms with van der Waals surface area (Å²) < 4.78 is 0. The van der Waals surface area contributed by atoms with Crippen molar-refractivity contribution in [3.8, 4) is 0 Å². The van der Waals surface area contributed by atoms with E-state index in [1.165, 1.54) is 16.0 Å². The number of nitrogens with two attached hydrogens (primary N) is 1. The number of aryl methyl sites for hydroxylation is 1. The van der Waals surface area contributed by atoms with Crippen LogP contribution < -0.4 is 5.73 Å². The second kappa shape index (κ2) is 7.02. The molecule has 2 unspecified atom stereocenters. The quantitative estimate of drug-likeness (QED) is 0.879. The zero-order valence-corrected chi connectivity index (χ0v) is 13.4. The van der Waals surface area contributed by atoms with Gasteiger partial charge in [-0.05, 0) is 49.9 Å². The van der Waals surface area contributed by atoms with Crippen LogP contribution in [-0.4, -0.2) is 24.5 Å². The summed E-state index contributed by atoms with van der Waals surface area (Å²) in [4.78, 5) is 3.78. The highest BCUT2D eigenvalue weighted by Gasteiger charge is 2.23. The predicted molar refractivity (Wildman–Crippen MR) is 88.2 cm³/mol. The Kier molecular flexibility index (Phi) is 5.35. The van der Waals surface area contributed by atoms with Gasteiger partial charge in [0, 0.05) is 17.5 Å². The molecule has 1 aromatic carbocycles. The van der Waals surface area contributed by atoms with Crippen molar-refractivity contribution in [1.82, 2.24) is 4.90 Å². The number of hydrogen-bond donors (Lipinski definition) is 1. The van der Waals surface area contributed by atoms with Gasteiger partial charge >= 0.3 is 0 Å². The number of likely N-dealkylation sites (N-methyl/N-ethyl adjacent to an activating group) is 1. The maximum absolute atomic E-state index is 6.23. The Morgan fingerprint density at radius 1 is 1.20 bits per heavy atom. The first-order chi connectivity index (χ1) is 9.59. The van der Waals surface area contributed by atoms with Crippen molar-refractivity contribution in [2.45, 2.75) is 32.4 Å². The molecule has 2 nitrogen and oxygen atoms in total. The first-order valence-electron chi connectivity index (χ1n) is 7.13. The van der Waals surface area contributed by atoms with Gasteiger partial charge in [-0.25, -0.2) is 0 Å². The zero-order chi connectivity index (χ0) is 14.5. The van der Waals surface area contributed by atoms with Crippen LogP contribution in [0.4, 0.5) is 0 Å². The monoisotopic (exact) mass is 288 g/mol. The summed E-state index contributed by atoms with van der Waals surface area (Å²) in [6.07, 6.45) is 1.06. The number of benzene rings is 1. The van der Waals surface area contributed by atoms with E-state index >= 15 is 0 Å². The van der Waals surface area contributed by atoms with Gasteiger partial charge < -0.3 is 5.73 Å². The largest absolute Gasteiger partial charge is 0.326 e. The van der Waals surface area contributed by atoms with Crippen LogP contribution in [0.15, 0.2) is 41.8 Å². The second-order valence-electron chi connectivity index (χ2n) is 5.49. The van der Waals surface area contributed by atoms with E-state index in [1.54, 1.807) is 0 Å². The van der Waals surface area contributed by atoms with Crippen LogP contribution >= 0.6 is 11.3 Å². The van der Waals surface area contributed by atoms with Gasteiger partial charge in [0.1, 0.15) is 0 Å². The van der Waals surface area contributed by atoms with Crippen molar-refractivity contribution in [1.29, 1.82) is 0 Å². The molecular formula is C17H24N2S. The number of nitrogens with zero attached hydrogens (tertiary/aromatic N) is 1. The third-order valence-electron chi connectivity index (χ3n) is 3.74. The molecule has 0 spiro atoms. The van der Waals surface area contributed by atoms with Crippen molar-refractivity contribution in [2.24, 2.45) is 5.73 Å². The Labute approximate surface area is 126 Å². The van der Waals surface area contributed by atoms with E-state index in [0.29, 0.717) is 6.04 Å². The number of rotatable bonds is 6. The smallest absolute Gasteiger partial charge is 0.0591 e. The first kappa shape index (κ1) is 15.2. The summed E-state index contributed by atoms with van der Waals surface area (Å²) in [6, 6.07) is 13.2. The SMILES string of the molecule is Cc1ccsc1C(C(C)N)N(C)CCc1ccccc1. The summed E-state index contributed by atoms with van der Waals surface area (Å²) in [5.74, 6) is 0. The molecule has 2 rings (SSSR count). The summed E-state index contributed by atoms with van der Waals surface area (Å²) >= 11 is 1.81. The van der Waals surface area contributed by atoms with Crippen molar-refractivity contribution in [3.05, 3.63) is 57.8 Å². The maximum atomic E-state index is 6.23. The standard InChI is InChI=1S/C17H24N2S/c1-13-10-12-20-17(13)16(14(2)18)19(3)11-9-15-7-5-4-6-8-15/h4-8,10,12,14,16H,9,11,18H2,1-3H3. The van der Waals surface area contributed by atoms with Gasteiger partial charge in [0.2, 0.25) is 0 Å². The molecule has 2 N–H and O–H groups in total. The van der Waals surface area contributed by atoms with Crippen molar-refractivity contribution in [2.75, 3.05) is 13.6 Å². The molecule has 0 aliphatic carbocycles. The van der Waals surface area contributed by atoms with E-state index in [-0.39, 0.29) is 6.04 Å². The number of hydrogen-bond acceptors (Lipinski definition) is 3. The molecule has 0 bridgehead atoms. The van der Waals surface area contributed by atoms with Crippen LogP contribution in [0, 0.1) is 6.92 Å². The Bertz CT molecular complexity index is 519. The summed E-state index contributed by atoms with van der Waals surface area (Å²) in [5.41, 5.74) is 8.96. The fourth-order valence-corrected chi connectivity index (χ4v) is 3.82. The van der Waals surface area contributed by atoms with Gasteiger partial charge in [0.15, 0.2) is 0 Å². The molecule has 0 amide bonds. The lowest BCUT2D eigenvalue weighted by Gasteiger charge is -2.31. The molecule has 0 saturated heterocycles. The molecule has 108 valence electrons. The summed E-state index contributed by atoms with van der Waals surface area (Å²) in [7, 11) is 2.18. The number of thiophene rings is 1. The molecule has 0 aliphatic heterocycles. The topological polar surface area (TPSA) is 29.3 Å². The molecule has 1 aromatic heterocycles. The van der Waals surface area contributed by atoms with Crippen LogP contribution in [0.3, 0.4) is 0 Å². The van der Waals surface area contributed by atoms with Gasteiger partial charge in [-0.15, -0.1) is 11.3 Å². The molecule has 0 saturated carbocycles. The van der Waals surface area contributed by atoms with Gasteiger partial charge in [-0.2, -0.15) is 0 Å². The van der Waals surface area contributed by atoms with E-state index in [4.69, 9.17) is 5.73 Å². The van der Waals surface area contributed by atoms with Crippen LogP contribution in [0.25, 0.3) is 0 Å². The van der Waals surface area contributed by atoms with Crippen LogP contribution in [0.2, 0.25) is 0 Å². The van der Waals surface area contributed by atoms with Crippen molar-refractivity contribution in [3.63, 3.8) is 0 Å². The van der Waals surface area contributed by atoms with Crippen LogP contribution in [0.5, 0.6) is 0 Å². The Hall–Kier alpha value is -1.16. The normalized spacial score (nSPS) is 14.4. The van der Waals surface area contributed by atoms with E-state index in [0.717, 1.165) is 13.0 Å². The predicted octanol–water partition coefficient (Wildman–Crippen LogP) is 3.62. The van der Waals surface area contributed by atoms with Gasteiger partial charge in [0.05, 0.1) is 6.04 Å². The first-order valence-corrected chi connectivity index (χ1v) is 8.01. The lowest BCUT2D eigenvalue weighted by atomic mass is 10.0. The van der Waals surface area contributed by atoms with Crippen molar-refractivity contribution < 1.29 is 0 Å². The summed E-state index contributed by atoms with van der Waals surface area (Å²) in [6.45, 7) is 5.29. The molecule has 0 aliphatic rings. The summed E-state index contributed by atoms with van der Waals surface area (Å²) in [5, 5.41) is 2.16. The van der Waals surface area contributed by atoms with Gasteiger partial charge in [-0.3, -0.25) is 4.90 Å². The Morgan fingerprint density at radius 3 is 2.45 bits per heavy atom. The van der Waals surface area contributed by atoms with E-state index < -0.39 is 0 Å². The molecule has 2 aromatic rings. The molecule has 20 heavy (non-hydrogen) atoms. The molecule has 0 radical (unpaired) electrons. The minimum absolute atomic E-state index is 0.133.